The van der Waals surface area contributed by atoms with Crippen LogP contribution in [0.1, 0.15) is 6.42 Å². The number of ether oxygens (including phenoxy) is 1. The average Bonchev–Trinajstić information content (AvgIpc) is 3.00. The van der Waals surface area contributed by atoms with Gasteiger partial charge in [-0.3, -0.25) is 14.5 Å². The highest BCUT2D eigenvalue weighted by atomic mass is 32.2. The van der Waals surface area contributed by atoms with Crippen molar-refractivity contribution in [3.8, 4) is 5.75 Å². The Kier molecular flexibility index (Phi) is 5.17. The molecule has 0 aliphatic carbocycles. The van der Waals surface area contributed by atoms with Gasteiger partial charge in [-0.25, -0.2) is 8.42 Å². The Morgan fingerprint density at radius 3 is 2.63 bits per heavy atom. The third kappa shape index (κ3) is 4.27. The zero-order valence-corrected chi connectivity index (χ0v) is 16.2. The van der Waals surface area contributed by atoms with E-state index in [4.69, 9.17) is 4.74 Å². The van der Waals surface area contributed by atoms with E-state index < -0.39 is 9.84 Å². The van der Waals surface area contributed by atoms with Crippen LogP contribution in [0.5, 0.6) is 5.75 Å². The van der Waals surface area contributed by atoms with Crippen molar-refractivity contribution in [3.63, 3.8) is 0 Å². The van der Waals surface area contributed by atoms with Gasteiger partial charge < -0.3 is 9.64 Å². The van der Waals surface area contributed by atoms with Crippen molar-refractivity contribution in [1.82, 2.24) is 19.7 Å². The standard InChI is InChI=1S/C17H21N5O4S/c1-21(17-19-15-14(16(23)20-17)11-18-22(15)2)9-4-10-26-12-5-7-13(8-6-12)27(3,24)25/h5-8,11H,4,9-10H2,1-3H3,(H,19,20,23). The van der Waals surface area contributed by atoms with Gasteiger partial charge in [-0.2, -0.15) is 10.1 Å². The van der Waals surface area contributed by atoms with Crippen LogP contribution in [0.4, 0.5) is 5.95 Å². The minimum atomic E-state index is -3.21. The predicted molar refractivity (Wildman–Crippen MR) is 102 cm³/mol. The summed E-state index contributed by atoms with van der Waals surface area (Å²) in [5.41, 5.74) is 0.306. The summed E-state index contributed by atoms with van der Waals surface area (Å²) in [6.07, 6.45) is 3.35. The van der Waals surface area contributed by atoms with Crippen LogP contribution in [0.25, 0.3) is 11.0 Å². The zero-order chi connectivity index (χ0) is 19.6. The fourth-order valence-electron chi connectivity index (χ4n) is 2.58. The number of aryl methyl sites for hydroxylation is 1. The highest BCUT2D eigenvalue weighted by Gasteiger charge is 2.11. The molecule has 1 aromatic carbocycles. The molecule has 0 fully saturated rings. The summed E-state index contributed by atoms with van der Waals surface area (Å²) >= 11 is 0. The van der Waals surface area contributed by atoms with E-state index in [-0.39, 0.29) is 10.5 Å². The van der Waals surface area contributed by atoms with Crippen LogP contribution in [-0.4, -0.2) is 54.6 Å². The Morgan fingerprint density at radius 2 is 1.96 bits per heavy atom. The SMILES string of the molecule is CN(CCCOc1ccc(S(C)(=O)=O)cc1)c1nc2c(cnn2C)c(=O)[nH]1. The molecule has 3 rings (SSSR count). The summed E-state index contributed by atoms with van der Waals surface area (Å²) in [6, 6.07) is 6.31. The van der Waals surface area contributed by atoms with Crippen molar-refractivity contribution in [2.75, 3.05) is 31.4 Å². The molecular weight excluding hydrogens is 370 g/mol. The van der Waals surface area contributed by atoms with Gasteiger partial charge in [0.05, 0.1) is 17.7 Å². The fraction of sp³-hybridized carbons (Fsp3) is 0.353. The molecule has 2 heterocycles. The molecule has 0 amide bonds. The second kappa shape index (κ2) is 7.39. The molecule has 0 atom stereocenters. The van der Waals surface area contributed by atoms with Crippen molar-refractivity contribution < 1.29 is 13.2 Å². The van der Waals surface area contributed by atoms with Crippen molar-refractivity contribution in [2.45, 2.75) is 11.3 Å². The van der Waals surface area contributed by atoms with Crippen molar-refractivity contribution >= 4 is 26.8 Å². The third-order valence-electron chi connectivity index (χ3n) is 4.11. The molecule has 0 aliphatic rings. The minimum Gasteiger partial charge on any atom is -0.494 e. The molecule has 0 saturated carbocycles. The Morgan fingerprint density at radius 1 is 1.26 bits per heavy atom. The Balaban J connectivity index is 1.56. The van der Waals surface area contributed by atoms with Crippen LogP contribution in [0.15, 0.2) is 40.2 Å². The van der Waals surface area contributed by atoms with Crippen LogP contribution in [0.3, 0.4) is 0 Å². The number of nitrogens with one attached hydrogen (secondary N) is 1. The van der Waals surface area contributed by atoms with Crippen LogP contribution in [-0.2, 0) is 16.9 Å². The minimum absolute atomic E-state index is 0.225. The van der Waals surface area contributed by atoms with Crippen LogP contribution >= 0.6 is 0 Å². The topological polar surface area (TPSA) is 110 Å². The summed E-state index contributed by atoms with van der Waals surface area (Å²) in [4.78, 5) is 21.4. The van der Waals surface area contributed by atoms with Crippen LogP contribution in [0.2, 0.25) is 0 Å². The molecule has 3 aromatic rings. The van der Waals surface area contributed by atoms with E-state index >= 15 is 0 Å². The normalized spacial score (nSPS) is 11.7. The highest BCUT2D eigenvalue weighted by molar-refractivity contribution is 7.90. The summed E-state index contributed by atoms with van der Waals surface area (Å²) in [6.45, 7) is 1.06. The van der Waals surface area contributed by atoms with E-state index in [1.54, 1.807) is 23.9 Å². The molecule has 10 heteroatoms. The largest absolute Gasteiger partial charge is 0.494 e. The molecule has 144 valence electrons. The molecule has 0 bridgehead atoms. The van der Waals surface area contributed by atoms with E-state index in [2.05, 4.69) is 15.1 Å². The summed E-state index contributed by atoms with van der Waals surface area (Å²) < 4.78 is 30.1. The number of aromatic amines is 1. The number of hydrogen-bond acceptors (Lipinski definition) is 7. The third-order valence-corrected chi connectivity index (χ3v) is 5.24. The Bertz CT molecular complexity index is 1100. The molecule has 9 nitrogen and oxygen atoms in total. The first kappa shape index (κ1) is 18.9. The fourth-order valence-corrected chi connectivity index (χ4v) is 3.21. The number of anilines is 1. The van der Waals surface area contributed by atoms with E-state index in [1.807, 2.05) is 11.9 Å². The maximum atomic E-state index is 12.1. The number of hydrogen-bond donors (Lipinski definition) is 1. The number of nitrogens with zero attached hydrogens (tertiary/aromatic N) is 4. The molecule has 0 unspecified atom stereocenters. The molecule has 0 radical (unpaired) electrons. The summed E-state index contributed by atoms with van der Waals surface area (Å²) in [7, 11) is 0.363. The van der Waals surface area contributed by atoms with Gasteiger partial charge in [0.25, 0.3) is 5.56 Å². The first-order chi connectivity index (χ1) is 12.8. The highest BCUT2D eigenvalue weighted by Crippen LogP contribution is 2.16. The van der Waals surface area contributed by atoms with Gasteiger partial charge in [0, 0.05) is 26.9 Å². The molecule has 0 saturated heterocycles. The van der Waals surface area contributed by atoms with E-state index in [0.29, 0.717) is 42.3 Å². The van der Waals surface area contributed by atoms with E-state index in [0.717, 1.165) is 0 Å². The van der Waals surface area contributed by atoms with Gasteiger partial charge in [0.2, 0.25) is 5.95 Å². The maximum Gasteiger partial charge on any atom is 0.263 e. The summed E-state index contributed by atoms with van der Waals surface area (Å²) in [5.74, 6) is 1.07. The van der Waals surface area contributed by atoms with Crippen LogP contribution < -0.4 is 15.2 Å². The average molecular weight is 391 g/mol. The second-order valence-corrected chi connectivity index (χ2v) is 8.28. The lowest BCUT2D eigenvalue weighted by atomic mass is 10.3. The number of benzene rings is 1. The molecular formula is C17H21N5O4S. The lowest BCUT2D eigenvalue weighted by molar-refractivity contribution is 0.312. The van der Waals surface area contributed by atoms with E-state index in [1.165, 1.54) is 24.6 Å². The Labute approximate surface area is 156 Å². The molecule has 1 N–H and O–H groups in total. The molecule has 27 heavy (non-hydrogen) atoms. The second-order valence-electron chi connectivity index (χ2n) is 6.26. The maximum absolute atomic E-state index is 12.1. The van der Waals surface area contributed by atoms with Crippen LogP contribution in [0, 0.1) is 0 Å². The van der Waals surface area contributed by atoms with Gasteiger partial charge in [-0.15, -0.1) is 0 Å². The number of rotatable bonds is 7. The van der Waals surface area contributed by atoms with Crippen molar-refractivity contribution in [2.24, 2.45) is 7.05 Å². The van der Waals surface area contributed by atoms with Gasteiger partial charge >= 0.3 is 0 Å². The first-order valence-electron chi connectivity index (χ1n) is 8.32. The van der Waals surface area contributed by atoms with Gasteiger partial charge in [-0.05, 0) is 30.7 Å². The van der Waals surface area contributed by atoms with E-state index in [9.17, 15) is 13.2 Å². The molecule has 0 spiro atoms. The predicted octanol–water partition coefficient (Wildman–Crippen LogP) is 0.965. The Hall–Kier alpha value is -2.88. The quantitative estimate of drug-likeness (QED) is 0.597. The summed E-state index contributed by atoms with van der Waals surface area (Å²) in [5, 5.41) is 4.50. The smallest absolute Gasteiger partial charge is 0.263 e. The monoisotopic (exact) mass is 391 g/mol. The number of fused-ring (bicyclic) bond motifs is 1. The first-order valence-corrected chi connectivity index (χ1v) is 10.2. The van der Waals surface area contributed by atoms with Gasteiger partial charge in [-0.1, -0.05) is 0 Å². The molecule has 0 aliphatic heterocycles. The lowest BCUT2D eigenvalue weighted by Crippen LogP contribution is -2.25. The van der Waals surface area contributed by atoms with Crippen molar-refractivity contribution in [1.29, 1.82) is 0 Å². The van der Waals surface area contributed by atoms with Gasteiger partial charge in [0.1, 0.15) is 11.1 Å². The zero-order valence-electron chi connectivity index (χ0n) is 15.3. The number of H-pyrrole nitrogens is 1. The van der Waals surface area contributed by atoms with Crippen molar-refractivity contribution in [3.05, 3.63) is 40.8 Å². The lowest BCUT2D eigenvalue weighted by Gasteiger charge is -2.17. The molecule has 2 aromatic heterocycles. The number of sulfone groups is 1. The van der Waals surface area contributed by atoms with Gasteiger partial charge in [0.15, 0.2) is 15.5 Å². The number of aromatic nitrogens is 4.